The van der Waals surface area contributed by atoms with Gasteiger partial charge in [0.1, 0.15) is 11.4 Å². The lowest BCUT2D eigenvalue weighted by atomic mass is 9.83. The van der Waals surface area contributed by atoms with E-state index >= 15 is 0 Å². The lowest BCUT2D eigenvalue weighted by Crippen LogP contribution is -2.53. The molecule has 5 nitrogen and oxygen atoms in total. The first-order valence-electron chi connectivity index (χ1n) is 9.19. The fourth-order valence-corrected chi connectivity index (χ4v) is 5.51. The number of hydrogen-bond acceptors (Lipinski definition) is 4. The predicted octanol–water partition coefficient (Wildman–Crippen LogP) is 4.76. The Kier molecular flexibility index (Phi) is 5.21. The van der Waals surface area contributed by atoms with E-state index in [9.17, 15) is 26.7 Å². The average molecular weight is 460 g/mol. The van der Waals surface area contributed by atoms with Crippen LogP contribution in [0.1, 0.15) is 35.2 Å². The van der Waals surface area contributed by atoms with Gasteiger partial charge in [0, 0.05) is 37.0 Å². The van der Waals surface area contributed by atoms with E-state index < -0.39 is 32.6 Å². The van der Waals surface area contributed by atoms with Gasteiger partial charge in [0.15, 0.2) is 21.1 Å². The number of fused-ring (bicyclic) bond motifs is 1. The summed E-state index contributed by atoms with van der Waals surface area (Å²) in [6.07, 6.45) is -4.05. The van der Waals surface area contributed by atoms with Gasteiger partial charge in [-0.25, -0.2) is 0 Å². The van der Waals surface area contributed by atoms with Gasteiger partial charge < -0.3 is 9.29 Å². The SMILES string of the molecule is O=C1CC2(CCN([S+](=O)([O-])c3cccc(C(F)(F)F)c3)CC2)Oc2cc(Cl)ccc21. The van der Waals surface area contributed by atoms with Gasteiger partial charge in [-0.2, -0.15) is 13.2 Å². The first-order valence-corrected chi connectivity index (χ1v) is 11.0. The van der Waals surface area contributed by atoms with E-state index in [0.717, 1.165) is 22.5 Å². The van der Waals surface area contributed by atoms with Crippen LogP contribution in [-0.2, 0) is 20.8 Å². The van der Waals surface area contributed by atoms with Crippen LogP contribution in [-0.4, -0.2) is 33.3 Å². The highest BCUT2D eigenvalue weighted by Gasteiger charge is 2.47. The minimum Gasteiger partial charge on any atom is -0.593 e. The molecule has 0 aliphatic carbocycles. The molecule has 1 unspecified atom stereocenters. The third-order valence-electron chi connectivity index (χ3n) is 5.49. The van der Waals surface area contributed by atoms with Crippen molar-refractivity contribution in [2.45, 2.75) is 35.9 Å². The Bertz CT molecular complexity index is 1050. The molecule has 2 heterocycles. The van der Waals surface area contributed by atoms with Crippen LogP contribution < -0.4 is 4.74 Å². The van der Waals surface area contributed by atoms with Gasteiger partial charge in [-0.3, -0.25) is 4.79 Å². The second-order valence-corrected chi connectivity index (χ2v) is 9.83. The Morgan fingerprint density at radius 3 is 2.50 bits per heavy atom. The largest absolute Gasteiger partial charge is 0.593 e. The molecule has 0 radical (unpaired) electrons. The molecule has 2 aliphatic heterocycles. The number of carbonyl (C=O) groups is 1. The number of nitrogens with zero attached hydrogens (tertiary/aromatic N) is 1. The highest BCUT2D eigenvalue weighted by molar-refractivity contribution is 7.95. The van der Waals surface area contributed by atoms with Crippen molar-refractivity contribution in [3.8, 4) is 5.75 Å². The summed E-state index contributed by atoms with van der Waals surface area (Å²) in [6.45, 7) is 0.0590. The minimum atomic E-state index is -4.64. The van der Waals surface area contributed by atoms with Gasteiger partial charge in [-0.05, 0) is 30.3 Å². The van der Waals surface area contributed by atoms with Gasteiger partial charge in [0.25, 0.3) is 0 Å². The number of piperidine rings is 1. The Morgan fingerprint density at radius 2 is 1.83 bits per heavy atom. The molecule has 2 aliphatic rings. The lowest BCUT2D eigenvalue weighted by Gasteiger charge is -2.43. The van der Waals surface area contributed by atoms with Crippen molar-refractivity contribution in [1.82, 2.24) is 4.31 Å². The quantitative estimate of drug-likeness (QED) is 0.607. The third-order valence-corrected chi connectivity index (χ3v) is 7.62. The normalized spacial score (nSPS) is 21.0. The second-order valence-electron chi connectivity index (χ2n) is 7.46. The number of Topliss-reactive ketones (excluding diaryl/α,β-unsaturated/α-hetero) is 1. The van der Waals surface area contributed by atoms with Crippen molar-refractivity contribution in [1.29, 1.82) is 0 Å². The molecular weight excluding hydrogens is 443 g/mol. The van der Waals surface area contributed by atoms with Crippen LogP contribution in [0, 0.1) is 0 Å². The van der Waals surface area contributed by atoms with E-state index in [-0.39, 0.29) is 38.1 Å². The van der Waals surface area contributed by atoms with Gasteiger partial charge in [0.05, 0.1) is 17.5 Å². The van der Waals surface area contributed by atoms with Crippen LogP contribution in [0.4, 0.5) is 13.2 Å². The molecule has 0 bridgehead atoms. The zero-order valence-corrected chi connectivity index (χ0v) is 17.1. The summed E-state index contributed by atoms with van der Waals surface area (Å²) in [4.78, 5) is 12.1. The first-order chi connectivity index (χ1) is 14.0. The monoisotopic (exact) mass is 459 g/mol. The van der Waals surface area contributed by atoms with Crippen LogP contribution in [0.2, 0.25) is 5.02 Å². The van der Waals surface area contributed by atoms with E-state index in [0.29, 0.717) is 22.4 Å². The zero-order valence-electron chi connectivity index (χ0n) is 15.6. The number of hydrogen-bond donors (Lipinski definition) is 0. The molecule has 10 heteroatoms. The molecule has 0 amide bonds. The molecule has 1 saturated heterocycles. The van der Waals surface area contributed by atoms with E-state index in [4.69, 9.17) is 16.3 Å². The predicted molar refractivity (Wildman–Crippen MR) is 103 cm³/mol. The van der Waals surface area contributed by atoms with E-state index in [1.54, 1.807) is 18.2 Å². The molecule has 0 aromatic heterocycles. The molecule has 1 atom stereocenters. The Hall–Kier alpha value is -1.94. The van der Waals surface area contributed by atoms with Crippen molar-refractivity contribution in [3.05, 3.63) is 58.6 Å². The molecule has 1 spiro atoms. The lowest BCUT2D eigenvalue weighted by molar-refractivity contribution is -0.137. The molecular formula is C20H17ClF3NO4S. The highest BCUT2D eigenvalue weighted by atomic mass is 35.5. The summed E-state index contributed by atoms with van der Waals surface area (Å²) in [5, 5.41) is 0.420. The maximum absolute atomic E-state index is 13.0. The maximum atomic E-state index is 13.0. The maximum Gasteiger partial charge on any atom is 0.416 e. The minimum absolute atomic E-state index is 0.0295. The van der Waals surface area contributed by atoms with Crippen molar-refractivity contribution in [3.63, 3.8) is 0 Å². The van der Waals surface area contributed by atoms with Crippen LogP contribution in [0.15, 0.2) is 47.4 Å². The third kappa shape index (κ3) is 3.87. The van der Waals surface area contributed by atoms with Crippen molar-refractivity contribution in [2.75, 3.05) is 13.1 Å². The topological polar surface area (TPSA) is 69.7 Å². The first kappa shape index (κ1) is 21.3. The molecule has 0 N–H and O–H groups in total. The summed E-state index contributed by atoms with van der Waals surface area (Å²) >= 11 is 5.99. The second kappa shape index (κ2) is 7.33. The number of ether oxygens (including phenoxy) is 1. The van der Waals surface area contributed by atoms with Crippen molar-refractivity contribution >= 4 is 27.8 Å². The standard InChI is InChI=1S/C20H17ClF3NO4S/c21-14-4-5-16-17(26)12-19(29-18(16)11-14)6-8-25(9-7-19)30(27,28)15-3-1-2-13(10-15)20(22,23)24/h1-5,10-11H,6-9,12H2. The molecule has 2 aromatic rings. The number of sulfonamides is 1. The number of carbonyl (C=O) groups excluding carboxylic acids is 1. The zero-order chi connectivity index (χ0) is 21.7. The number of rotatable bonds is 2. The Morgan fingerprint density at radius 1 is 1.13 bits per heavy atom. The van der Waals surface area contributed by atoms with Crippen molar-refractivity contribution in [2.24, 2.45) is 0 Å². The summed E-state index contributed by atoms with van der Waals surface area (Å²) in [7, 11) is -4.11. The van der Waals surface area contributed by atoms with Gasteiger partial charge in [-0.1, -0.05) is 21.9 Å². The van der Waals surface area contributed by atoms with Gasteiger partial charge in [-0.15, -0.1) is 4.31 Å². The Balaban J connectivity index is 1.53. The molecule has 2 aromatic carbocycles. The van der Waals surface area contributed by atoms with Crippen LogP contribution in [0.25, 0.3) is 0 Å². The highest BCUT2D eigenvalue weighted by Crippen LogP contribution is 2.42. The van der Waals surface area contributed by atoms with Crippen LogP contribution in [0.3, 0.4) is 0 Å². The van der Waals surface area contributed by atoms with E-state index in [1.165, 1.54) is 0 Å². The molecule has 4 rings (SSSR count). The number of ketones is 1. The summed E-state index contributed by atoms with van der Waals surface area (Å²) in [5.41, 5.74) is -1.44. The molecule has 160 valence electrons. The summed E-state index contributed by atoms with van der Waals surface area (Å²) in [6, 6.07) is 8.44. The average Bonchev–Trinajstić information content (AvgIpc) is 2.67. The fourth-order valence-electron chi connectivity index (χ4n) is 3.86. The van der Waals surface area contributed by atoms with Crippen LogP contribution >= 0.6 is 11.6 Å². The molecule has 0 saturated carbocycles. The number of halogens is 4. The summed E-state index contributed by atoms with van der Waals surface area (Å²) < 4.78 is 71.8. The number of alkyl halides is 3. The fraction of sp³-hybridized carbons (Fsp3) is 0.350. The number of benzene rings is 2. The summed E-state index contributed by atoms with van der Waals surface area (Å²) in [5.74, 6) is 0.259. The van der Waals surface area contributed by atoms with E-state index in [1.807, 2.05) is 0 Å². The van der Waals surface area contributed by atoms with Crippen LogP contribution in [0.5, 0.6) is 5.75 Å². The molecule has 30 heavy (non-hydrogen) atoms. The Labute approximate surface area is 177 Å². The van der Waals surface area contributed by atoms with Crippen molar-refractivity contribution < 1.29 is 31.5 Å². The molecule has 1 fully saturated rings. The van der Waals surface area contributed by atoms with E-state index in [2.05, 4.69) is 0 Å². The van der Waals surface area contributed by atoms with Gasteiger partial charge >= 0.3 is 6.18 Å². The smallest absolute Gasteiger partial charge is 0.416 e. The van der Waals surface area contributed by atoms with Gasteiger partial charge in [0.2, 0.25) is 0 Å².